The Morgan fingerprint density at radius 2 is 1.86 bits per heavy atom. The van der Waals surface area contributed by atoms with Gasteiger partial charge < -0.3 is 14.6 Å². The van der Waals surface area contributed by atoms with Gasteiger partial charge in [0.25, 0.3) is 5.56 Å². The van der Waals surface area contributed by atoms with Crippen molar-refractivity contribution < 1.29 is 27.1 Å². The molecule has 3 aromatic rings. The van der Waals surface area contributed by atoms with E-state index in [1.165, 1.54) is 41.6 Å². The highest BCUT2D eigenvalue weighted by Crippen LogP contribution is 2.23. The lowest BCUT2D eigenvalue weighted by Gasteiger charge is -2.28. The molecule has 0 saturated carbocycles. The van der Waals surface area contributed by atoms with E-state index in [-0.39, 0.29) is 18.8 Å². The maximum atomic E-state index is 13.6. The summed E-state index contributed by atoms with van der Waals surface area (Å²) in [5.41, 5.74) is -0.0966. The molecule has 1 atom stereocenters. The first-order valence-electron chi connectivity index (χ1n) is 11.4. The van der Waals surface area contributed by atoms with Crippen LogP contribution < -0.4 is 5.56 Å². The predicted molar refractivity (Wildman–Crippen MR) is 133 cm³/mol. The largest absolute Gasteiger partial charge is 0.384 e. The summed E-state index contributed by atoms with van der Waals surface area (Å²) in [7, 11) is -3.47. The molecule has 0 fully saturated rings. The molecule has 0 radical (unpaired) electrons. The number of sulfone groups is 1. The van der Waals surface area contributed by atoms with E-state index in [1.807, 2.05) is 0 Å². The van der Waals surface area contributed by atoms with Gasteiger partial charge in [-0.15, -0.1) is 0 Å². The normalized spacial score (nSPS) is 16.6. The SMILES string of the molecule is CC(C)(O)c1cc(CN(C(=O)Cn2ccc(-c3ccc(F)c(F)c3)cc2=O)[C@@H]2C=CS(=O)(=O)C2)ccn1. The van der Waals surface area contributed by atoms with E-state index in [1.54, 1.807) is 26.0 Å². The van der Waals surface area contributed by atoms with Gasteiger partial charge in [0.05, 0.1) is 17.5 Å². The Morgan fingerprint density at radius 1 is 1.14 bits per heavy atom. The van der Waals surface area contributed by atoms with Crippen LogP contribution in [0.15, 0.2) is 71.1 Å². The van der Waals surface area contributed by atoms with Crippen LogP contribution in [0.4, 0.5) is 8.78 Å². The standard InChI is InChI=1S/C26H25F2N3O5S/c1-26(2,34)23-11-17(5-8-29-23)14-31(20-7-10-37(35,36)16-20)25(33)15-30-9-6-19(13-24(30)32)18-3-4-21(27)22(28)12-18/h3-13,20,34H,14-16H2,1-2H3/t20-/m1/s1. The van der Waals surface area contributed by atoms with Crippen molar-refractivity contribution in [1.82, 2.24) is 14.5 Å². The van der Waals surface area contributed by atoms with Gasteiger partial charge in [0.15, 0.2) is 21.5 Å². The average Bonchev–Trinajstić information content (AvgIpc) is 3.19. The molecule has 2 aromatic heterocycles. The molecule has 194 valence electrons. The monoisotopic (exact) mass is 529 g/mol. The number of hydrogen-bond donors (Lipinski definition) is 1. The molecule has 0 saturated heterocycles. The zero-order valence-corrected chi connectivity index (χ0v) is 21.0. The van der Waals surface area contributed by atoms with Gasteiger partial charge in [0.2, 0.25) is 5.91 Å². The summed E-state index contributed by atoms with van der Waals surface area (Å²) in [5.74, 6) is -2.84. The van der Waals surface area contributed by atoms with Crippen LogP contribution in [0.1, 0.15) is 25.1 Å². The average molecular weight is 530 g/mol. The van der Waals surface area contributed by atoms with Crippen molar-refractivity contribution in [3.63, 3.8) is 0 Å². The molecule has 0 bridgehead atoms. The fourth-order valence-electron chi connectivity index (χ4n) is 3.98. The van der Waals surface area contributed by atoms with Crippen molar-refractivity contribution in [3.05, 3.63) is 99.6 Å². The van der Waals surface area contributed by atoms with Crippen molar-refractivity contribution in [2.45, 2.75) is 38.6 Å². The van der Waals surface area contributed by atoms with Crippen molar-refractivity contribution >= 4 is 15.7 Å². The molecule has 1 aliphatic heterocycles. The van der Waals surface area contributed by atoms with E-state index in [2.05, 4.69) is 4.98 Å². The Morgan fingerprint density at radius 3 is 2.49 bits per heavy atom. The van der Waals surface area contributed by atoms with Crippen LogP contribution in [0.3, 0.4) is 0 Å². The van der Waals surface area contributed by atoms with Gasteiger partial charge in [-0.1, -0.05) is 6.07 Å². The maximum absolute atomic E-state index is 13.6. The molecule has 1 amide bonds. The van der Waals surface area contributed by atoms with E-state index in [0.29, 0.717) is 22.4 Å². The molecule has 3 heterocycles. The number of pyridine rings is 2. The van der Waals surface area contributed by atoms with Gasteiger partial charge in [0.1, 0.15) is 12.1 Å². The molecule has 1 aliphatic rings. The molecule has 0 aliphatic carbocycles. The second kappa shape index (κ2) is 9.98. The second-order valence-corrected chi connectivity index (χ2v) is 11.3. The Balaban J connectivity index is 1.60. The molecule has 11 heteroatoms. The molecule has 0 unspecified atom stereocenters. The third-order valence-corrected chi connectivity index (χ3v) is 7.37. The first-order valence-corrected chi connectivity index (χ1v) is 13.1. The van der Waals surface area contributed by atoms with Crippen LogP contribution in [0.5, 0.6) is 0 Å². The van der Waals surface area contributed by atoms with Crippen molar-refractivity contribution in [2.75, 3.05) is 5.75 Å². The van der Waals surface area contributed by atoms with Crippen LogP contribution in [0.2, 0.25) is 0 Å². The van der Waals surface area contributed by atoms with E-state index in [0.717, 1.165) is 22.1 Å². The minimum atomic E-state index is -3.47. The van der Waals surface area contributed by atoms with E-state index < -0.39 is 44.6 Å². The summed E-state index contributed by atoms with van der Waals surface area (Å²) in [5, 5.41) is 11.3. The topological polar surface area (TPSA) is 110 Å². The summed E-state index contributed by atoms with van der Waals surface area (Å²) in [4.78, 5) is 31.6. The zero-order chi connectivity index (χ0) is 27.0. The first-order chi connectivity index (χ1) is 17.3. The predicted octanol–water partition coefficient (Wildman–Crippen LogP) is 2.76. The quantitative estimate of drug-likeness (QED) is 0.504. The van der Waals surface area contributed by atoms with Crippen LogP contribution >= 0.6 is 0 Å². The van der Waals surface area contributed by atoms with Gasteiger partial charge in [-0.3, -0.25) is 14.6 Å². The van der Waals surface area contributed by atoms with Gasteiger partial charge in [-0.25, -0.2) is 17.2 Å². The van der Waals surface area contributed by atoms with Gasteiger partial charge >= 0.3 is 0 Å². The number of halogens is 2. The second-order valence-electron chi connectivity index (χ2n) is 9.37. The Hall–Kier alpha value is -3.70. The Bertz CT molecular complexity index is 1540. The number of amides is 1. The molecule has 8 nitrogen and oxygen atoms in total. The third-order valence-electron chi connectivity index (χ3n) is 5.99. The lowest BCUT2D eigenvalue weighted by molar-refractivity contribution is -0.133. The maximum Gasteiger partial charge on any atom is 0.251 e. The Labute approximate surface area is 212 Å². The fraction of sp³-hybridized carbons (Fsp3) is 0.269. The van der Waals surface area contributed by atoms with Crippen LogP contribution in [-0.4, -0.2) is 45.7 Å². The highest BCUT2D eigenvalue weighted by molar-refractivity contribution is 7.94. The molecule has 4 rings (SSSR count). The number of aromatic nitrogens is 2. The number of carbonyl (C=O) groups is 1. The summed E-state index contributed by atoms with van der Waals surface area (Å²) in [6, 6.07) is 8.55. The van der Waals surface area contributed by atoms with Gasteiger partial charge in [0, 0.05) is 30.4 Å². The number of aliphatic hydroxyl groups is 1. The summed E-state index contributed by atoms with van der Waals surface area (Å²) < 4.78 is 52.1. The number of carbonyl (C=O) groups excluding carboxylic acids is 1. The minimum Gasteiger partial charge on any atom is -0.384 e. The zero-order valence-electron chi connectivity index (χ0n) is 20.1. The summed E-state index contributed by atoms with van der Waals surface area (Å²) >= 11 is 0. The van der Waals surface area contributed by atoms with Gasteiger partial charge in [-0.05, 0) is 66.9 Å². The fourth-order valence-corrected chi connectivity index (χ4v) is 5.28. The summed E-state index contributed by atoms with van der Waals surface area (Å²) in [6.45, 7) is 2.80. The number of hydrogen-bond acceptors (Lipinski definition) is 6. The van der Waals surface area contributed by atoms with E-state index in [4.69, 9.17) is 0 Å². The van der Waals surface area contributed by atoms with E-state index >= 15 is 0 Å². The molecule has 1 N–H and O–H groups in total. The lowest BCUT2D eigenvalue weighted by Crippen LogP contribution is -2.43. The van der Waals surface area contributed by atoms with Crippen LogP contribution in [0, 0.1) is 11.6 Å². The molecule has 37 heavy (non-hydrogen) atoms. The smallest absolute Gasteiger partial charge is 0.251 e. The minimum absolute atomic E-state index is 0.0245. The molecule has 0 spiro atoms. The van der Waals surface area contributed by atoms with Gasteiger partial charge in [-0.2, -0.15) is 0 Å². The first kappa shape index (κ1) is 26.4. The number of nitrogens with zero attached hydrogens (tertiary/aromatic N) is 3. The third kappa shape index (κ3) is 6.17. The highest BCUT2D eigenvalue weighted by Gasteiger charge is 2.31. The highest BCUT2D eigenvalue weighted by atomic mass is 32.2. The number of benzene rings is 1. The van der Waals surface area contributed by atoms with Crippen LogP contribution in [0.25, 0.3) is 11.1 Å². The van der Waals surface area contributed by atoms with Crippen molar-refractivity contribution in [1.29, 1.82) is 0 Å². The number of rotatable bonds is 7. The van der Waals surface area contributed by atoms with Crippen LogP contribution in [-0.2, 0) is 33.3 Å². The molecular weight excluding hydrogens is 504 g/mol. The van der Waals surface area contributed by atoms with Crippen molar-refractivity contribution in [3.8, 4) is 11.1 Å². The van der Waals surface area contributed by atoms with Crippen molar-refractivity contribution in [2.24, 2.45) is 0 Å². The summed E-state index contributed by atoms with van der Waals surface area (Å²) in [6.07, 6.45) is 4.29. The Kier molecular flexibility index (Phi) is 7.11. The lowest BCUT2D eigenvalue weighted by atomic mass is 10.0. The molecular formula is C26H25F2N3O5S. The van der Waals surface area contributed by atoms with E-state index in [9.17, 15) is 31.9 Å². The molecule has 1 aromatic carbocycles.